The molecule has 11 nitrogen and oxygen atoms in total. The molecule has 1 fully saturated rings. The molecular weight excluding hydrogens is 547 g/mol. The Labute approximate surface area is 227 Å². The molecule has 0 bridgehead atoms. The lowest BCUT2D eigenvalue weighted by atomic mass is 10.1. The lowest BCUT2D eigenvalue weighted by Crippen LogP contribution is -2.50. The van der Waals surface area contributed by atoms with Gasteiger partial charge in [0.25, 0.3) is 0 Å². The van der Waals surface area contributed by atoms with Crippen molar-refractivity contribution in [1.82, 2.24) is 9.88 Å². The summed E-state index contributed by atoms with van der Waals surface area (Å²) < 4.78 is 52.7. The molecule has 39 heavy (non-hydrogen) atoms. The molecule has 3 rings (SSSR count). The average molecular weight is 574 g/mol. The molecular formula is C24H27ClF3N5O6. The molecule has 1 aliphatic heterocycles. The van der Waals surface area contributed by atoms with Gasteiger partial charge < -0.3 is 24.6 Å². The fraction of sp³-hybridized carbons (Fsp3) is 0.458. The van der Waals surface area contributed by atoms with E-state index in [1.807, 2.05) is 0 Å². The summed E-state index contributed by atoms with van der Waals surface area (Å²) >= 11 is 5.88. The number of halogens is 4. The number of esters is 1. The third kappa shape index (κ3) is 7.19. The number of anilines is 3. The number of ether oxygens (including phenoxy) is 2. The predicted octanol–water partition coefficient (Wildman–Crippen LogP) is 5.64. The highest BCUT2D eigenvalue weighted by molar-refractivity contribution is 6.32. The maximum atomic E-state index is 14.1. The molecule has 0 aliphatic carbocycles. The van der Waals surface area contributed by atoms with Gasteiger partial charge in [0.05, 0.1) is 17.1 Å². The van der Waals surface area contributed by atoms with Crippen molar-refractivity contribution in [3.8, 4) is 0 Å². The van der Waals surface area contributed by atoms with Crippen molar-refractivity contribution in [2.24, 2.45) is 0 Å². The standard InChI is InChI=1S/C24H27ClF3N5O6/c1-5-38-21(34)15-13-29-20(25)19(33(36)37)18(15)30-14-6-7-17(16(12-14)24(26,27)28)31-8-10-32(11-9-31)22(35)39-23(2,3)4/h6-7,12-13H,5,8-11H2,1-4H3,(H,29,30). The van der Waals surface area contributed by atoms with Crippen LogP contribution in [-0.4, -0.2) is 65.3 Å². The van der Waals surface area contributed by atoms with E-state index >= 15 is 0 Å². The van der Waals surface area contributed by atoms with E-state index in [1.54, 1.807) is 20.8 Å². The van der Waals surface area contributed by atoms with Crippen molar-refractivity contribution in [2.45, 2.75) is 39.5 Å². The molecule has 1 aromatic heterocycles. The fourth-order valence-electron chi connectivity index (χ4n) is 3.85. The summed E-state index contributed by atoms with van der Waals surface area (Å²) in [7, 11) is 0. The Morgan fingerprint density at radius 2 is 1.82 bits per heavy atom. The maximum absolute atomic E-state index is 14.1. The van der Waals surface area contributed by atoms with Crippen molar-refractivity contribution in [2.75, 3.05) is 43.0 Å². The highest BCUT2D eigenvalue weighted by Crippen LogP contribution is 2.41. The second-order valence-electron chi connectivity index (χ2n) is 9.47. The van der Waals surface area contributed by atoms with Gasteiger partial charge >= 0.3 is 23.9 Å². The monoisotopic (exact) mass is 573 g/mol. The second kappa shape index (κ2) is 11.5. The van der Waals surface area contributed by atoms with E-state index < -0.39 is 50.9 Å². The van der Waals surface area contributed by atoms with E-state index in [0.717, 1.165) is 12.3 Å². The van der Waals surface area contributed by atoms with Gasteiger partial charge in [0.15, 0.2) is 0 Å². The van der Waals surface area contributed by atoms with E-state index in [9.17, 15) is 32.9 Å². The van der Waals surface area contributed by atoms with Crippen LogP contribution in [0.2, 0.25) is 5.15 Å². The minimum absolute atomic E-state index is 0.0528. The Kier molecular flexibility index (Phi) is 8.78. The molecule has 2 heterocycles. The largest absolute Gasteiger partial charge is 0.462 e. The van der Waals surface area contributed by atoms with E-state index in [4.69, 9.17) is 21.1 Å². The first-order chi connectivity index (χ1) is 18.1. The number of amides is 1. The van der Waals surface area contributed by atoms with Crippen molar-refractivity contribution in [3.63, 3.8) is 0 Å². The van der Waals surface area contributed by atoms with Crippen LogP contribution in [0.25, 0.3) is 0 Å². The molecule has 2 aromatic rings. The van der Waals surface area contributed by atoms with E-state index in [-0.39, 0.29) is 49.7 Å². The van der Waals surface area contributed by atoms with Gasteiger partial charge in [-0.15, -0.1) is 0 Å². The van der Waals surface area contributed by atoms with Crippen molar-refractivity contribution in [3.05, 3.63) is 50.8 Å². The minimum Gasteiger partial charge on any atom is -0.462 e. The smallest absolute Gasteiger partial charge is 0.418 e. The van der Waals surface area contributed by atoms with Crippen LogP contribution in [0.4, 0.5) is 40.7 Å². The van der Waals surface area contributed by atoms with Crippen LogP contribution in [0.15, 0.2) is 24.4 Å². The molecule has 0 spiro atoms. The molecule has 1 aromatic carbocycles. The molecule has 0 saturated carbocycles. The molecule has 212 valence electrons. The molecule has 0 unspecified atom stereocenters. The molecule has 1 saturated heterocycles. The predicted molar refractivity (Wildman–Crippen MR) is 137 cm³/mol. The van der Waals surface area contributed by atoms with E-state index in [1.165, 1.54) is 28.9 Å². The molecule has 15 heteroatoms. The third-order valence-electron chi connectivity index (χ3n) is 5.53. The number of nitro groups is 1. The molecule has 0 atom stereocenters. The number of piperazine rings is 1. The van der Waals surface area contributed by atoms with Gasteiger partial charge in [0.1, 0.15) is 16.9 Å². The molecule has 1 aliphatic rings. The fourth-order valence-corrected chi connectivity index (χ4v) is 4.06. The van der Waals surface area contributed by atoms with Gasteiger partial charge in [0, 0.05) is 43.8 Å². The van der Waals surface area contributed by atoms with Crippen molar-refractivity contribution < 1.29 is 37.2 Å². The summed E-state index contributed by atoms with van der Waals surface area (Å²) in [6, 6.07) is 3.29. The van der Waals surface area contributed by atoms with Crippen LogP contribution in [-0.2, 0) is 15.7 Å². The van der Waals surface area contributed by atoms with Crippen LogP contribution in [0.3, 0.4) is 0 Å². The number of nitrogens with zero attached hydrogens (tertiary/aromatic N) is 4. The van der Waals surface area contributed by atoms with Gasteiger partial charge in [-0.3, -0.25) is 10.1 Å². The Hall–Kier alpha value is -3.81. The average Bonchev–Trinajstić information content (AvgIpc) is 2.82. The summed E-state index contributed by atoms with van der Waals surface area (Å²) in [6.07, 6.45) is -4.40. The number of hydrogen-bond donors (Lipinski definition) is 1. The Bertz CT molecular complexity index is 1260. The summed E-state index contributed by atoms with van der Waals surface area (Å²) in [4.78, 5) is 42.0. The number of pyridine rings is 1. The zero-order valence-corrected chi connectivity index (χ0v) is 22.4. The highest BCUT2D eigenvalue weighted by Gasteiger charge is 2.37. The van der Waals surface area contributed by atoms with Gasteiger partial charge in [-0.25, -0.2) is 14.6 Å². The third-order valence-corrected chi connectivity index (χ3v) is 5.81. The molecule has 1 amide bonds. The lowest BCUT2D eigenvalue weighted by Gasteiger charge is -2.37. The summed E-state index contributed by atoms with van der Waals surface area (Å²) in [6.45, 7) is 7.16. The second-order valence-corrected chi connectivity index (χ2v) is 9.83. The summed E-state index contributed by atoms with van der Waals surface area (Å²) in [5, 5.41) is 13.6. The van der Waals surface area contributed by atoms with Gasteiger partial charge in [-0.2, -0.15) is 13.2 Å². The van der Waals surface area contributed by atoms with E-state index in [2.05, 4.69) is 10.3 Å². The Morgan fingerprint density at radius 1 is 1.18 bits per heavy atom. The summed E-state index contributed by atoms with van der Waals surface area (Å²) in [5.74, 6) is -0.970. The van der Waals surface area contributed by atoms with Crippen molar-refractivity contribution >= 4 is 46.4 Å². The van der Waals surface area contributed by atoms with Gasteiger partial charge in [-0.1, -0.05) is 11.6 Å². The van der Waals surface area contributed by atoms with Gasteiger partial charge in [0.2, 0.25) is 5.15 Å². The topological polar surface area (TPSA) is 127 Å². The Morgan fingerprint density at radius 3 is 2.36 bits per heavy atom. The maximum Gasteiger partial charge on any atom is 0.418 e. The number of benzene rings is 1. The first kappa shape index (κ1) is 29.7. The number of carbonyl (C=O) groups excluding carboxylic acids is 2. The molecule has 0 radical (unpaired) electrons. The first-order valence-corrected chi connectivity index (χ1v) is 12.2. The zero-order chi connectivity index (χ0) is 29.1. The van der Waals surface area contributed by atoms with E-state index in [0.29, 0.717) is 0 Å². The van der Waals surface area contributed by atoms with Crippen LogP contribution in [0.5, 0.6) is 0 Å². The lowest BCUT2D eigenvalue weighted by molar-refractivity contribution is -0.384. The SMILES string of the molecule is CCOC(=O)c1cnc(Cl)c([N+](=O)[O-])c1Nc1ccc(N2CCN(C(=O)OC(C)(C)C)CC2)c(C(F)(F)F)c1. The van der Waals surface area contributed by atoms with Crippen LogP contribution in [0, 0.1) is 10.1 Å². The van der Waals surface area contributed by atoms with Gasteiger partial charge in [-0.05, 0) is 45.9 Å². The van der Waals surface area contributed by atoms with Crippen LogP contribution < -0.4 is 10.2 Å². The van der Waals surface area contributed by atoms with Crippen LogP contribution >= 0.6 is 11.6 Å². The quantitative estimate of drug-likeness (QED) is 0.202. The normalized spacial score (nSPS) is 14.2. The number of aromatic nitrogens is 1. The summed E-state index contributed by atoms with van der Waals surface area (Å²) in [5.41, 5.74) is -3.66. The number of rotatable bonds is 6. The molecule has 1 N–H and O–H groups in total. The van der Waals surface area contributed by atoms with Crippen molar-refractivity contribution in [1.29, 1.82) is 0 Å². The number of nitrogens with one attached hydrogen (secondary N) is 1. The minimum atomic E-state index is -4.79. The number of hydrogen-bond acceptors (Lipinski definition) is 9. The highest BCUT2D eigenvalue weighted by atomic mass is 35.5. The number of carbonyl (C=O) groups is 2. The number of alkyl halides is 3. The Balaban J connectivity index is 1.94. The van der Waals surface area contributed by atoms with Crippen LogP contribution in [0.1, 0.15) is 43.6 Å². The first-order valence-electron chi connectivity index (χ1n) is 11.8. The zero-order valence-electron chi connectivity index (χ0n) is 21.6.